The molecule has 1 aromatic carbocycles. The van der Waals surface area contributed by atoms with Gasteiger partial charge in [0.05, 0.1) is 5.75 Å². The summed E-state index contributed by atoms with van der Waals surface area (Å²) in [4.78, 5) is 0. The smallest absolute Gasteiger partial charge is 0.211 e. The molecule has 2 rings (SSSR count). The lowest BCUT2D eigenvalue weighted by Crippen LogP contribution is -2.29. The predicted octanol–water partition coefficient (Wildman–Crippen LogP) is 0.539. The van der Waals surface area contributed by atoms with Crippen molar-refractivity contribution in [2.75, 3.05) is 25.9 Å². The van der Waals surface area contributed by atoms with Crippen LogP contribution >= 0.6 is 0 Å². The van der Waals surface area contributed by atoms with Crippen LogP contribution in [0.5, 0.6) is 0 Å². The minimum absolute atomic E-state index is 0.148. The molecule has 0 bridgehead atoms. The number of rotatable bonds is 4. The van der Waals surface area contributed by atoms with Crippen LogP contribution in [-0.2, 0) is 10.0 Å². The standard InChI is InChI=1S/C12H18N2O2S/c1-13-17(15,16)9-11-7-14-8-12(11)10-5-3-2-4-6-10/h2-6,11-14H,7-9H2,1H3. The maximum Gasteiger partial charge on any atom is 0.211 e. The van der Waals surface area contributed by atoms with E-state index in [-0.39, 0.29) is 11.7 Å². The van der Waals surface area contributed by atoms with E-state index in [4.69, 9.17) is 0 Å². The van der Waals surface area contributed by atoms with Gasteiger partial charge in [-0.25, -0.2) is 13.1 Å². The van der Waals surface area contributed by atoms with Crippen molar-refractivity contribution in [1.82, 2.24) is 10.0 Å². The third-order valence-electron chi connectivity index (χ3n) is 3.31. The van der Waals surface area contributed by atoms with Gasteiger partial charge in [-0.1, -0.05) is 30.3 Å². The molecule has 5 heteroatoms. The highest BCUT2D eigenvalue weighted by Crippen LogP contribution is 2.28. The van der Waals surface area contributed by atoms with Crippen LogP contribution in [0.15, 0.2) is 30.3 Å². The zero-order valence-electron chi connectivity index (χ0n) is 9.89. The minimum atomic E-state index is -3.13. The second-order valence-electron chi connectivity index (χ2n) is 4.42. The van der Waals surface area contributed by atoms with Crippen molar-refractivity contribution in [3.05, 3.63) is 35.9 Å². The van der Waals surface area contributed by atoms with Gasteiger partial charge in [0.2, 0.25) is 10.0 Å². The van der Waals surface area contributed by atoms with E-state index in [1.165, 1.54) is 12.6 Å². The molecule has 0 radical (unpaired) electrons. The van der Waals surface area contributed by atoms with Crippen molar-refractivity contribution in [2.45, 2.75) is 5.92 Å². The first kappa shape index (κ1) is 12.5. The van der Waals surface area contributed by atoms with Crippen molar-refractivity contribution < 1.29 is 8.42 Å². The monoisotopic (exact) mass is 254 g/mol. The lowest BCUT2D eigenvalue weighted by molar-refractivity contribution is 0.537. The summed E-state index contributed by atoms with van der Waals surface area (Å²) in [6.07, 6.45) is 0. The molecule has 94 valence electrons. The van der Waals surface area contributed by atoms with E-state index in [2.05, 4.69) is 22.2 Å². The Balaban J connectivity index is 2.13. The summed E-state index contributed by atoms with van der Waals surface area (Å²) in [5.41, 5.74) is 1.22. The molecule has 0 saturated carbocycles. The van der Waals surface area contributed by atoms with E-state index in [9.17, 15) is 8.42 Å². The Morgan fingerprint density at radius 1 is 1.29 bits per heavy atom. The van der Waals surface area contributed by atoms with E-state index < -0.39 is 10.0 Å². The molecule has 0 aromatic heterocycles. The zero-order chi connectivity index (χ0) is 12.3. The van der Waals surface area contributed by atoms with E-state index in [0.717, 1.165) is 13.1 Å². The topological polar surface area (TPSA) is 58.2 Å². The van der Waals surface area contributed by atoms with E-state index in [0.29, 0.717) is 5.92 Å². The summed E-state index contributed by atoms with van der Waals surface area (Å²) >= 11 is 0. The Morgan fingerprint density at radius 2 is 2.00 bits per heavy atom. The van der Waals surface area contributed by atoms with E-state index in [1.54, 1.807) is 0 Å². The normalized spacial score (nSPS) is 25.0. The molecule has 1 aliphatic rings. The molecule has 2 atom stereocenters. The molecule has 2 unspecified atom stereocenters. The fourth-order valence-corrected chi connectivity index (χ4v) is 3.44. The Kier molecular flexibility index (Phi) is 3.81. The van der Waals surface area contributed by atoms with Crippen LogP contribution in [0.4, 0.5) is 0 Å². The second-order valence-corrected chi connectivity index (χ2v) is 6.39. The van der Waals surface area contributed by atoms with Crippen LogP contribution in [0.25, 0.3) is 0 Å². The first-order valence-electron chi connectivity index (χ1n) is 5.79. The molecule has 1 fully saturated rings. The molecular weight excluding hydrogens is 236 g/mol. The predicted molar refractivity (Wildman–Crippen MR) is 68.4 cm³/mol. The first-order chi connectivity index (χ1) is 8.12. The lowest BCUT2D eigenvalue weighted by atomic mass is 9.90. The molecular formula is C12H18N2O2S. The second kappa shape index (κ2) is 5.16. The lowest BCUT2D eigenvalue weighted by Gasteiger charge is -2.18. The number of sulfonamides is 1. The van der Waals surface area contributed by atoms with Crippen molar-refractivity contribution >= 4 is 10.0 Å². The average molecular weight is 254 g/mol. The first-order valence-corrected chi connectivity index (χ1v) is 7.44. The molecule has 0 aliphatic carbocycles. The van der Waals surface area contributed by atoms with Gasteiger partial charge in [0, 0.05) is 12.5 Å². The van der Waals surface area contributed by atoms with Crippen molar-refractivity contribution in [1.29, 1.82) is 0 Å². The summed E-state index contributed by atoms with van der Waals surface area (Å²) in [5, 5.41) is 3.28. The molecule has 1 aliphatic heterocycles. The molecule has 1 heterocycles. The van der Waals surface area contributed by atoms with Gasteiger partial charge >= 0.3 is 0 Å². The summed E-state index contributed by atoms with van der Waals surface area (Å²) in [6, 6.07) is 10.1. The highest BCUT2D eigenvalue weighted by atomic mass is 32.2. The molecule has 0 spiro atoms. The summed E-state index contributed by atoms with van der Waals surface area (Å²) in [5.74, 6) is 0.630. The van der Waals surface area contributed by atoms with Gasteiger partial charge in [-0.2, -0.15) is 0 Å². The summed E-state index contributed by atoms with van der Waals surface area (Å²) < 4.78 is 25.6. The fourth-order valence-electron chi connectivity index (χ4n) is 2.36. The Bertz CT molecular complexity index is 459. The minimum Gasteiger partial charge on any atom is -0.316 e. The molecule has 17 heavy (non-hydrogen) atoms. The highest BCUT2D eigenvalue weighted by molar-refractivity contribution is 7.89. The molecule has 0 amide bonds. The maximum absolute atomic E-state index is 11.6. The van der Waals surface area contributed by atoms with Crippen LogP contribution in [0.3, 0.4) is 0 Å². The number of hydrogen-bond acceptors (Lipinski definition) is 3. The van der Waals surface area contributed by atoms with Crippen molar-refractivity contribution in [3.8, 4) is 0 Å². The van der Waals surface area contributed by atoms with Crippen LogP contribution in [0, 0.1) is 5.92 Å². The number of nitrogens with one attached hydrogen (secondary N) is 2. The summed E-state index contributed by atoms with van der Waals surface area (Å²) in [7, 11) is -1.67. The number of benzene rings is 1. The average Bonchev–Trinajstić information content (AvgIpc) is 2.77. The van der Waals surface area contributed by atoms with Crippen molar-refractivity contribution in [2.24, 2.45) is 5.92 Å². The van der Waals surface area contributed by atoms with Gasteiger partial charge in [-0.15, -0.1) is 0 Å². The van der Waals surface area contributed by atoms with Crippen molar-refractivity contribution in [3.63, 3.8) is 0 Å². The maximum atomic E-state index is 11.6. The highest BCUT2D eigenvalue weighted by Gasteiger charge is 2.31. The molecule has 4 nitrogen and oxygen atoms in total. The van der Waals surface area contributed by atoms with Gasteiger partial charge in [-0.05, 0) is 25.1 Å². The van der Waals surface area contributed by atoms with Gasteiger partial charge < -0.3 is 5.32 Å². The molecule has 1 aromatic rings. The Labute approximate surface area is 102 Å². The Morgan fingerprint density at radius 3 is 2.65 bits per heavy atom. The third kappa shape index (κ3) is 3.06. The largest absolute Gasteiger partial charge is 0.316 e. The number of hydrogen-bond donors (Lipinski definition) is 2. The van der Waals surface area contributed by atoms with Crippen LogP contribution in [0.2, 0.25) is 0 Å². The van der Waals surface area contributed by atoms with Gasteiger partial charge in [-0.3, -0.25) is 0 Å². The van der Waals surface area contributed by atoms with Crippen LogP contribution < -0.4 is 10.0 Å². The third-order valence-corrected chi connectivity index (χ3v) is 4.80. The molecule has 1 saturated heterocycles. The summed E-state index contributed by atoms with van der Waals surface area (Å²) in [6.45, 7) is 1.62. The Hall–Kier alpha value is -0.910. The quantitative estimate of drug-likeness (QED) is 0.824. The fraction of sp³-hybridized carbons (Fsp3) is 0.500. The van der Waals surface area contributed by atoms with Crippen LogP contribution in [-0.4, -0.2) is 34.3 Å². The van der Waals surface area contributed by atoms with E-state index in [1.807, 2.05) is 18.2 Å². The van der Waals surface area contributed by atoms with Gasteiger partial charge in [0.1, 0.15) is 0 Å². The molecule has 2 N–H and O–H groups in total. The van der Waals surface area contributed by atoms with Crippen LogP contribution in [0.1, 0.15) is 11.5 Å². The van der Waals surface area contributed by atoms with Gasteiger partial charge in [0.15, 0.2) is 0 Å². The SMILES string of the molecule is CNS(=O)(=O)CC1CNCC1c1ccccc1. The van der Waals surface area contributed by atoms with E-state index >= 15 is 0 Å². The van der Waals surface area contributed by atoms with Gasteiger partial charge in [0.25, 0.3) is 0 Å². The zero-order valence-corrected chi connectivity index (χ0v) is 10.7.